The maximum Gasteiger partial charge on any atom is 0.308 e. The number of aromatic nitrogens is 2. The molecular formula is C18H23N3O3. The molecule has 128 valence electrons. The summed E-state index contributed by atoms with van der Waals surface area (Å²) in [7, 11) is 1.83. The Bertz CT molecular complexity index is 709. The van der Waals surface area contributed by atoms with Gasteiger partial charge in [-0.3, -0.25) is 14.3 Å². The Morgan fingerprint density at radius 2 is 2.12 bits per heavy atom. The molecule has 6 heteroatoms. The summed E-state index contributed by atoms with van der Waals surface area (Å²) >= 11 is 0. The third-order valence-electron chi connectivity index (χ3n) is 3.86. The van der Waals surface area contributed by atoms with Gasteiger partial charge >= 0.3 is 5.97 Å². The number of aryl methyl sites for hydroxylation is 3. The van der Waals surface area contributed by atoms with Crippen molar-refractivity contribution in [2.75, 3.05) is 6.54 Å². The quantitative estimate of drug-likeness (QED) is 0.772. The summed E-state index contributed by atoms with van der Waals surface area (Å²) in [5.74, 6) is -1.67. The van der Waals surface area contributed by atoms with Crippen LogP contribution in [0.25, 0.3) is 0 Å². The van der Waals surface area contributed by atoms with Gasteiger partial charge in [-0.15, -0.1) is 0 Å². The van der Waals surface area contributed by atoms with E-state index in [1.54, 1.807) is 10.9 Å². The van der Waals surface area contributed by atoms with E-state index in [4.69, 9.17) is 0 Å². The van der Waals surface area contributed by atoms with Crippen LogP contribution in [0.3, 0.4) is 0 Å². The molecule has 1 unspecified atom stereocenters. The summed E-state index contributed by atoms with van der Waals surface area (Å²) in [4.78, 5) is 23.3. The predicted molar refractivity (Wildman–Crippen MR) is 90.5 cm³/mol. The molecule has 1 amide bonds. The molecule has 0 bridgehead atoms. The fourth-order valence-corrected chi connectivity index (χ4v) is 2.55. The lowest BCUT2D eigenvalue weighted by Crippen LogP contribution is -2.34. The van der Waals surface area contributed by atoms with Gasteiger partial charge in [-0.25, -0.2) is 0 Å². The van der Waals surface area contributed by atoms with Crippen molar-refractivity contribution in [2.45, 2.75) is 26.2 Å². The Hall–Kier alpha value is -2.63. The molecule has 2 N–H and O–H groups in total. The maximum absolute atomic E-state index is 11.9. The SMILES string of the molecule is Cc1cccc(CC(CNC(=O)CCc2cnn(C)c2)C(=O)O)c1. The lowest BCUT2D eigenvalue weighted by Gasteiger charge is -2.14. The highest BCUT2D eigenvalue weighted by molar-refractivity contribution is 5.77. The normalized spacial score (nSPS) is 11.9. The first-order valence-electron chi connectivity index (χ1n) is 7.96. The van der Waals surface area contributed by atoms with Crippen LogP contribution in [0.15, 0.2) is 36.7 Å². The number of carbonyl (C=O) groups is 2. The molecule has 0 aliphatic rings. The average Bonchev–Trinajstić information content (AvgIpc) is 2.94. The second-order valence-electron chi connectivity index (χ2n) is 6.05. The van der Waals surface area contributed by atoms with Gasteiger partial charge in [0, 0.05) is 26.2 Å². The van der Waals surface area contributed by atoms with E-state index in [0.29, 0.717) is 19.3 Å². The number of rotatable bonds is 8. The van der Waals surface area contributed by atoms with Crippen LogP contribution < -0.4 is 5.32 Å². The highest BCUT2D eigenvalue weighted by Gasteiger charge is 2.19. The molecule has 6 nitrogen and oxygen atoms in total. The number of carbonyl (C=O) groups excluding carboxylic acids is 1. The van der Waals surface area contributed by atoms with Crippen molar-refractivity contribution < 1.29 is 14.7 Å². The first kappa shape index (κ1) is 17.7. The van der Waals surface area contributed by atoms with E-state index in [0.717, 1.165) is 16.7 Å². The molecule has 0 fully saturated rings. The van der Waals surface area contributed by atoms with Gasteiger partial charge in [-0.05, 0) is 30.9 Å². The first-order chi connectivity index (χ1) is 11.4. The summed E-state index contributed by atoms with van der Waals surface area (Å²) in [5, 5.41) is 16.1. The van der Waals surface area contributed by atoms with Crippen LogP contribution in [-0.4, -0.2) is 33.3 Å². The Balaban J connectivity index is 1.82. The number of hydrogen-bond donors (Lipinski definition) is 2. The molecule has 0 radical (unpaired) electrons. The number of hydrogen-bond acceptors (Lipinski definition) is 3. The molecule has 1 heterocycles. The summed E-state index contributed by atoms with van der Waals surface area (Å²) in [5.41, 5.74) is 3.05. The number of carboxylic acids is 1. The molecule has 0 spiro atoms. The van der Waals surface area contributed by atoms with Crippen LogP contribution in [-0.2, 0) is 29.5 Å². The molecule has 2 rings (SSSR count). The van der Waals surface area contributed by atoms with Gasteiger partial charge in [0.1, 0.15) is 0 Å². The Kier molecular flexibility index (Phi) is 6.12. The van der Waals surface area contributed by atoms with Crippen LogP contribution in [0.5, 0.6) is 0 Å². The number of amides is 1. The number of nitrogens with one attached hydrogen (secondary N) is 1. The van der Waals surface area contributed by atoms with E-state index in [2.05, 4.69) is 10.4 Å². The zero-order chi connectivity index (χ0) is 17.5. The predicted octanol–water partition coefficient (Wildman–Crippen LogP) is 1.72. The summed E-state index contributed by atoms with van der Waals surface area (Å²) in [6.45, 7) is 2.11. The fourth-order valence-electron chi connectivity index (χ4n) is 2.55. The molecule has 1 aromatic heterocycles. The Morgan fingerprint density at radius 3 is 2.75 bits per heavy atom. The van der Waals surface area contributed by atoms with E-state index in [1.165, 1.54) is 0 Å². The minimum absolute atomic E-state index is 0.134. The Morgan fingerprint density at radius 1 is 1.33 bits per heavy atom. The van der Waals surface area contributed by atoms with Crippen molar-refractivity contribution >= 4 is 11.9 Å². The number of benzene rings is 1. The minimum atomic E-state index is -0.899. The second kappa shape index (κ2) is 8.29. The monoisotopic (exact) mass is 329 g/mol. The lowest BCUT2D eigenvalue weighted by atomic mass is 9.98. The van der Waals surface area contributed by atoms with Gasteiger partial charge in [-0.1, -0.05) is 29.8 Å². The summed E-state index contributed by atoms with van der Waals surface area (Å²) < 4.78 is 1.69. The van der Waals surface area contributed by atoms with Crippen molar-refractivity contribution in [1.29, 1.82) is 0 Å². The van der Waals surface area contributed by atoms with Crippen LogP contribution in [0.4, 0.5) is 0 Å². The number of aliphatic carboxylic acids is 1. The molecule has 0 aliphatic heterocycles. The zero-order valence-electron chi connectivity index (χ0n) is 14.0. The van der Waals surface area contributed by atoms with Gasteiger partial charge in [-0.2, -0.15) is 5.10 Å². The van der Waals surface area contributed by atoms with E-state index < -0.39 is 11.9 Å². The van der Waals surface area contributed by atoms with Gasteiger partial charge in [0.2, 0.25) is 5.91 Å². The van der Waals surface area contributed by atoms with Crippen molar-refractivity contribution in [2.24, 2.45) is 13.0 Å². The molecular weight excluding hydrogens is 306 g/mol. The van der Waals surface area contributed by atoms with Crippen molar-refractivity contribution in [3.63, 3.8) is 0 Å². The zero-order valence-corrected chi connectivity index (χ0v) is 14.0. The largest absolute Gasteiger partial charge is 0.481 e. The highest BCUT2D eigenvalue weighted by Crippen LogP contribution is 2.11. The van der Waals surface area contributed by atoms with E-state index >= 15 is 0 Å². The standard InChI is InChI=1S/C18H23N3O3/c1-13-4-3-5-14(8-13)9-16(18(23)24)11-19-17(22)7-6-15-10-20-21(2)12-15/h3-5,8,10,12,16H,6-7,9,11H2,1-2H3,(H,19,22)(H,23,24). The van der Waals surface area contributed by atoms with Gasteiger partial charge < -0.3 is 10.4 Å². The molecule has 0 saturated heterocycles. The highest BCUT2D eigenvalue weighted by atomic mass is 16.4. The molecule has 0 saturated carbocycles. The molecule has 24 heavy (non-hydrogen) atoms. The third-order valence-corrected chi connectivity index (χ3v) is 3.86. The van der Waals surface area contributed by atoms with E-state index in [9.17, 15) is 14.7 Å². The maximum atomic E-state index is 11.9. The van der Waals surface area contributed by atoms with Crippen LogP contribution in [0, 0.1) is 12.8 Å². The minimum Gasteiger partial charge on any atom is -0.481 e. The van der Waals surface area contributed by atoms with E-state index in [-0.39, 0.29) is 12.5 Å². The number of nitrogens with zero attached hydrogens (tertiary/aromatic N) is 2. The smallest absolute Gasteiger partial charge is 0.308 e. The number of carboxylic acid groups (broad SMARTS) is 1. The van der Waals surface area contributed by atoms with Crippen LogP contribution >= 0.6 is 0 Å². The molecule has 2 aromatic rings. The van der Waals surface area contributed by atoms with Crippen LogP contribution in [0.2, 0.25) is 0 Å². The third kappa shape index (κ3) is 5.53. The fraction of sp³-hybridized carbons (Fsp3) is 0.389. The lowest BCUT2D eigenvalue weighted by molar-refractivity contribution is -0.141. The average molecular weight is 329 g/mol. The summed E-state index contributed by atoms with van der Waals surface area (Å²) in [6, 6.07) is 7.77. The van der Waals surface area contributed by atoms with Gasteiger partial charge in [0.15, 0.2) is 0 Å². The Labute approximate surface area is 141 Å². The second-order valence-corrected chi connectivity index (χ2v) is 6.05. The molecule has 1 atom stereocenters. The molecule has 0 aliphatic carbocycles. The van der Waals surface area contributed by atoms with Gasteiger partial charge in [0.25, 0.3) is 0 Å². The van der Waals surface area contributed by atoms with Crippen molar-refractivity contribution in [3.8, 4) is 0 Å². The molecule has 1 aromatic carbocycles. The van der Waals surface area contributed by atoms with Crippen molar-refractivity contribution in [1.82, 2.24) is 15.1 Å². The summed E-state index contributed by atoms with van der Waals surface area (Å²) in [6.07, 6.45) is 4.91. The van der Waals surface area contributed by atoms with Gasteiger partial charge in [0.05, 0.1) is 12.1 Å². The first-order valence-corrected chi connectivity index (χ1v) is 7.96. The van der Waals surface area contributed by atoms with E-state index in [1.807, 2.05) is 44.4 Å². The topological polar surface area (TPSA) is 84.2 Å². The van der Waals surface area contributed by atoms with Crippen molar-refractivity contribution in [3.05, 3.63) is 53.3 Å². The van der Waals surface area contributed by atoms with Crippen LogP contribution in [0.1, 0.15) is 23.1 Å².